The number of rotatable bonds is 4. The van der Waals surface area contributed by atoms with Gasteiger partial charge in [0.05, 0.1) is 25.4 Å². The Balaban J connectivity index is 1.64. The van der Waals surface area contributed by atoms with Gasteiger partial charge in [0.1, 0.15) is 11.0 Å². The average Bonchev–Trinajstić information content (AvgIpc) is 3.16. The van der Waals surface area contributed by atoms with Crippen molar-refractivity contribution in [2.24, 2.45) is 0 Å². The Morgan fingerprint density at radius 1 is 1.30 bits per heavy atom. The normalized spacial score (nSPS) is 14.5. The van der Waals surface area contributed by atoms with Crippen LogP contribution in [0.5, 0.6) is 0 Å². The van der Waals surface area contributed by atoms with Crippen LogP contribution in [0, 0.1) is 0 Å². The molecule has 1 aliphatic rings. The Bertz CT molecular complexity index is 1030. The lowest BCUT2D eigenvalue weighted by Crippen LogP contribution is -2.44. The number of nitrogens with one attached hydrogen (secondary N) is 2. The number of hydrogen-bond donors (Lipinski definition) is 2. The van der Waals surface area contributed by atoms with Crippen molar-refractivity contribution < 1.29 is 9.53 Å². The van der Waals surface area contributed by atoms with E-state index in [0.29, 0.717) is 22.5 Å². The third kappa shape index (κ3) is 3.41. The number of benzene rings is 1. The van der Waals surface area contributed by atoms with E-state index < -0.39 is 5.97 Å². The van der Waals surface area contributed by atoms with Crippen molar-refractivity contribution in [1.82, 2.24) is 25.1 Å². The molecule has 1 aliphatic heterocycles. The number of carbonyl (C=O) groups excluding carboxylic acids is 1. The van der Waals surface area contributed by atoms with Gasteiger partial charge in [-0.05, 0) is 17.7 Å². The quantitative estimate of drug-likeness (QED) is 0.641. The molecule has 0 saturated carbocycles. The molecule has 0 bridgehead atoms. The molecule has 1 fully saturated rings. The highest BCUT2D eigenvalue weighted by molar-refractivity contribution is 5.89. The number of imidazole rings is 1. The van der Waals surface area contributed by atoms with Crippen LogP contribution in [-0.2, 0) is 11.3 Å². The highest BCUT2D eigenvalue weighted by atomic mass is 16.5. The van der Waals surface area contributed by atoms with Gasteiger partial charge in [0.15, 0.2) is 0 Å². The first-order valence-corrected chi connectivity index (χ1v) is 8.74. The lowest BCUT2D eigenvalue weighted by Gasteiger charge is -2.26. The summed E-state index contributed by atoms with van der Waals surface area (Å²) < 4.78 is 6.10. The number of H-pyrrole nitrogens is 1. The Labute approximate surface area is 155 Å². The van der Waals surface area contributed by atoms with Crippen LogP contribution < -0.4 is 15.8 Å². The number of carbonyl (C=O) groups is 1. The number of fused-ring (bicyclic) bond motifs is 1. The number of nitrogens with zero attached hydrogens (tertiary/aromatic N) is 4. The Morgan fingerprint density at radius 3 is 2.89 bits per heavy atom. The molecule has 3 aromatic rings. The van der Waals surface area contributed by atoms with Crippen LogP contribution in [0.1, 0.15) is 15.9 Å². The number of esters is 1. The van der Waals surface area contributed by atoms with Crippen LogP contribution in [0.3, 0.4) is 0 Å². The van der Waals surface area contributed by atoms with E-state index in [4.69, 9.17) is 4.74 Å². The number of methoxy groups -OCH3 is 1. The van der Waals surface area contributed by atoms with Crippen molar-refractivity contribution in [3.63, 3.8) is 0 Å². The number of ether oxygens (including phenoxy) is 1. The monoisotopic (exact) mass is 368 g/mol. The maximum atomic E-state index is 12.8. The van der Waals surface area contributed by atoms with Crippen molar-refractivity contribution >= 4 is 23.0 Å². The number of hydrogen-bond acceptors (Lipinski definition) is 7. The Hall–Kier alpha value is -3.20. The van der Waals surface area contributed by atoms with Crippen molar-refractivity contribution in [2.45, 2.75) is 6.54 Å². The minimum Gasteiger partial charge on any atom is -0.465 e. The minimum atomic E-state index is -0.415. The zero-order valence-electron chi connectivity index (χ0n) is 14.9. The molecular formula is C18H20N6O3. The number of aromatic nitrogens is 4. The van der Waals surface area contributed by atoms with Crippen molar-refractivity contribution in [3.05, 3.63) is 51.9 Å². The summed E-state index contributed by atoms with van der Waals surface area (Å²) in [6.45, 7) is 3.69. The van der Waals surface area contributed by atoms with E-state index in [-0.39, 0.29) is 12.1 Å². The zero-order chi connectivity index (χ0) is 18.8. The molecule has 3 heterocycles. The molecule has 0 amide bonds. The summed E-state index contributed by atoms with van der Waals surface area (Å²) in [4.78, 5) is 34.2. The molecule has 9 nitrogen and oxygen atoms in total. The van der Waals surface area contributed by atoms with E-state index in [1.54, 1.807) is 24.4 Å². The van der Waals surface area contributed by atoms with Gasteiger partial charge in [0.2, 0.25) is 5.95 Å². The molecule has 0 radical (unpaired) electrons. The van der Waals surface area contributed by atoms with E-state index in [9.17, 15) is 9.59 Å². The summed E-state index contributed by atoms with van der Waals surface area (Å²) >= 11 is 0. The summed E-state index contributed by atoms with van der Waals surface area (Å²) in [5.41, 5.74) is 1.96. The predicted octanol–water partition coefficient (Wildman–Crippen LogP) is 0.364. The van der Waals surface area contributed by atoms with Gasteiger partial charge in [-0.2, -0.15) is 5.10 Å². The molecule has 2 N–H and O–H groups in total. The largest absolute Gasteiger partial charge is 0.465 e. The summed E-state index contributed by atoms with van der Waals surface area (Å²) in [5, 5.41) is 7.52. The molecule has 2 aromatic heterocycles. The lowest BCUT2D eigenvalue weighted by molar-refractivity contribution is 0.0600. The molecule has 27 heavy (non-hydrogen) atoms. The van der Waals surface area contributed by atoms with Gasteiger partial charge in [-0.15, -0.1) is 0 Å². The smallest absolute Gasteiger partial charge is 0.337 e. The van der Waals surface area contributed by atoms with Crippen molar-refractivity contribution in [2.75, 3.05) is 38.2 Å². The first-order chi connectivity index (χ1) is 13.2. The lowest BCUT2D eigenvalue weighted by atomic mass is 10.1. The number of anilines is 1. The highest BCUT2D eigenvalue weighted by Crippen LogP contribution is 2.15. The second-order valence-corrected chi connectivity index (χ2v) is 6.36. The molecule has 4 rings (SSSR count). The summed E-state index contributed by atoms with van der Waals surface area (Å²) in [7, 11) is 1.34. The molecule has 0 aliphatic carbocycles. The van der Waals surface area contributed by atoms with Crippen molar-refractivity contribution in [1.29, 1.82) is 0 Å². The van der Waals surface area contributed by atoms with Crippen LogP contribution >= 0.6 is 0 Å². The molecule has 9 heteroatoms. The van der Waals surface area contributed by atoms with Crippen LogP contribution in [0.15, 0.2) is 35.3 Å². The first kappa shape index (κ1) is 17.2. The Kier molecular flexibility index (Phi) is 4.59. The standard InChI is InChI=1S/C18H20N6O3/c1-27-17(26)13-4-2-3-12(9-13)11-24-16(25)15-14(10-20-24)21-18(22-15)23-7-5-19-6-8-23/h2-4,9-10,19H,5-8,11H2,1H3,(H,21,22). The minimum absolute atomic E-state index is 0.246. The Morgan fingerprint density at radius 2 is 2.11 bits per heavy atom. The maximum Gasteiger partial charge on any atom is 0.337 e. The van der Waals surface area contributed by atoms with Gasteiger partial charge < -0.3 is 19.9 Å². The zero-order valence-corrected chi connectivity index (χ0v) is 14.9. The SMILES string of the molecule is COC(=O)c1cccc(Cn2ncc3nc(N4CCNCC4)[nH]c3c2=O)c1. The third-order valence-corrected chi connectivity index (χ3v) is 4.58. The van der Waals surface area contributed by atoms with Gasteiger partial charge in [-0.25, -0.2) is 14.5 Å². The molecule has 140 valence electrons. The topological polar surface area (TPSA) is 105 Å². The van der Waals surface area contributed by atoms with E-state index in [1.807, 2.05) is 6.07 Å². The number of aromatic amines is 1. The fourth-order valence-electron chi connectivity index (χ4n) is 3.16. The highest BCUT2D eigenvalue weighted by Gasteiger charge is 2.17. The van der Waals surface area contributed by atoms with E-state index >= 15 is 0 Å². The summed E-state index contributed by atoms with van der Waals surface area (Å²) in [6.07, 6.45) is 1.59. The van der Waals surface area contributed by atoms with E-state index in [0.717, 1.165) is 31.7 Å². The van der Waals surface area contributed by atoms with Crippen molar-refractivity contribution in [3.8, 4) is 0 Å². The summed E-state index contributed by atoms with van der Waals surface area (Å²) in [5.74, 6) is 0.276. The number of piperazine rings is 1. The predicted molar refractivity (Wildman–Crippen MR) is 100 cm³/mol. The van der Waals surface area contributed by atoms with E-state index in [1.165, 1.54) is 11.8 Å². The third-order valence-electron chi connectivity index (χ3n) is 4.58. The fraction of sp³-hybridized carbons (Fsp3) is 0.333. The van der Waals surface area contributed by atoms with Gasteiger partial charge in [-0.1, -0.05) is 12.1 Å². The molecule has 1 aromatic carbocycles. The molecule has 0 spiro atoms. The molecule has 0 atom stereocenters. The second-order valence-electron chi connectivity index (χ2n) is 6.36. The first-order valence-electron chi connectivity index (χ1n) is 8.74. The van der Waals surface area contributed by atoms with Crippen LogP contribution in [0.4, 0.5) is 5.95 Å². The van der Waals surface area contributed by atoms with Gasteiger partial charge in [-0.3, -0.25) is 4.79 Å². The second kappa shape index (κ2) is 7.20. The van der Waals surface area contributed by atoms with Crippen LogP contribution in [-0.4, -0.2) is 59.0 Å². The van der Waals surface area contributed by atoms with E-state index in [2.05, 4.69) is 25.3 Å². The molecular weight excluding hydrogens is 348 g/mol. The van der Waals surface area contributed by atoms with Crippen LogP contribution in [0.25, 0.3) is 11.0 Å². The van der Waals surface area contributed by atoms with Gasteiger partial charge >= 0.3 is 5.97 Å². The maximum absolute atomic E-state index is 12.8. The average molecular weight is 368 g/mol. The van der Waals surface area contributed by atoms with Crippen LogP contribution in [0.2, 0.25) is 0 Å². The summed E-state index contributed by atoms with van der Waals surface area (Å²) in [6, 6.07) is 6.96. The molecule has 1 saturated heterocycles. The molecule has 0 unspecified atom stereocenters. The van der Waals surface area contributed by atoms with Gasteiger partial charge in [0, 0.05) is 26.2 Å². The fourth-order valence-corrected chi connectivity index (χ4v) is 3.16. The van der Waals surface area contributed by atoms with Gasteiger partial charge in [0.25, 0.3) is 5.56 Å².